The molecule has 0 N–H and O–H groups in total. The zero-order valence-electron chi connectivity index (χ0n) is 12.0. The summed E-state index contributed by atoms with van der Waals surface area (Å²) >= 11 is 0. The summed E-state index contributed by atoms with van der Waals surface area (Å²) in [6.07, 6.45) is 3.64. The third-order valence-electron chi connectivity index (χ3n) is 3.75. The Kier molecular flexibility index (Phi) is 4.02. The number of rotatable bonds is 1. The maximum absolute atomic E-state index is 4.57. The molecule has 0 amide bonds. The van der Waals surface area contributed by atoms with Crippen LogP contribution in [0.15, 0.2) is 60.9 Å². The van der Waals surface area contributed by atoms with Crippen molar-refractivity contribution in [2.24, 2.45) is 0 Å². The van der Waals surface area contributed by atoms with Gasteiger partial charge in [-0.15, -0.1) is 6.07 Å². The molecule has 3 heteroatoms. The fourth-order valence-electron chi connectivity index (χ4n) is 2.69. The van der Waals surface area contributed by atoms with Crippen molar-refractivity contribution in [2.75, 3.05) is 0 Å². The van der Waals surface area contributed by atoms with Gasteiger partial charge in [0.25, 0.3) is 0 Å². The molecule has 4 rings (SSSR count). The van der Waals surface area contributed by atoms with E-state index in [0.717, 1.165) is 22.3 Å². The van der Waals surface area contributed by atoms with Crippen molar-refractivity contribution in [3.05, 3.63) is 72.7 Å². The second kappa shape index (κ2) is 5.96. The van der Waals surface area contributed by atoms with Gasteiger partial charge in [0.1, 0.15) is 0 Å². The Hall–Kier alpha value is -2.09. The topological polar surface area (TPSA) is 25.8 Å². The van der Waals surface area contributed by atoms with Crippen LogP contribution in [0.25, 0.3) is 32.8 Å². The molecular weight excluding hydrogens is 448 g/mol. The van der Waals surface area contributed by atoms with Crippen LogP contribution in [0.3, 0.4) is 0 Å². The Morgan fingerprint density at radius 1 is 0.864 bits per heavy atom. The number of aromatic nitrogens is 2. The average molecular weight is 462 g/mol. The first kappa shape index (κ1) is 14.8. The van der Waals surface area contributed by atoms with E-state index in [4.69, 9.17) is 0 Å². The number of nitrogens with zero attached hydrogens (tertiary/aromatic N) is 2. The first-order chi connectivity index (χ1) is 10.3. The minimum atomic E-state index is 0. The number of pyridine rings is 2. The van der Waals surface area contributed by atoms with Gasteiger partial charge in [0, 0.05) is 26.3 Å². The summed E-state index contributed by atoms with van der Waals surface area (Å²) in [6.45, 7) is 1.98. The predicted octanol–water partition coefficient (Wildman–Crippen LogP) is 4.56. The Labute approximate surface area is 142 Å². The second-order valence-electron chi connectivity index (χ2n) is 5.18. The Morgan fingerprint density at radius 2 is 1.68 bits per heavy atom. The molecule has 2 nitrogen and oxygen atoms in total. The van der Waals surface area contributed by atoms with Crippen molar-refractivity contribution in [1.29, 1.82) is 0 Å². The molecule has 0 fully saturated rings. The molecule has 0 aliphatic heterocycles. The molecule has 109 valence electrons. The molecule has 0 saturated heterocycles. The Morgan fingerprint density at radius 3 is 2.55 bits per heavy atom. The summed E-state index contributed by atoms with van der Waals surface area (Å²) in [7, 11) is 0. The van der Waals surface area contributed by atoms with E-state index in [1.165, 1.54) is 16.2 Å². The second-order valence-corrected chi connectivity index (χ2v) is 5.18. The number of hydrogen-bond donors (Lipinski definition) is 0. The summed E-state index contributed by atoms with van der Waals surface area (Å²) in [4.78, 5) is 8.76. The summed E-state index contributed by atoms with van der Waals surface area (Å²) < 4.78 is 0. The monoisotopic (exact) mass is 462 g/mol. The van der Waals surface area contributed by atoms with Crippen LogP contribution in [-0.4, -0.2) is 9.97 Å². The molecule has 0 bridgehead atoms. The molecule has 1 radical (unpaired) electrons. The van der Waals surface area contributed by atoms with Gasteiger partial charge in [-0.3, -0.25) is 4.98 Å². The van der Waals surface area contributed by atoms with Crippen molar-refractivity contribution in [3.8, 4) is 11.3 Å². The zero-order valence-corrected chi connectivity index (χ0v) is 14.4. The normalized spacial score (nSPS) is 10.6. The zero-order chi connectivity index (χ0) is 14.2. The molecule has 4 aromatic rings. The number of hydrogen-bond acceptors (Lipinski definition) is 2. The quantitative estimate of drug-likeness (QED) is 0.307. The molecule has 2 aromatic heterocycles. The van der Waals surface area contributed by atoms with Gasteiger partial charge in [-0.25, -0.2) is 0 Å². The molecule has 0 aliphatic rings. The van der Waals surface area contributed by atoms with E-state index < -0.39 is 0 Å². The van der Waals surface area contributed by atoms with Crippen LogP contribution in [0.4, 0.5) is 0 Å². The average Bonchev–Trinajstić information content (AvgIpc) is 2.54. The molecule has 0 aliphatic carbocycles. The van der Waals surface area contributed by atoms with Gasteiger partial charge in [0.15, 0.2) is 0 Å². The minimum Gasteiger partial charge on any atom is -0.320 e. The van der Waals surface area contributed by atoms with Crippen molar-refractivity contribution < 1.29 is 20.1 Å². The van der Waals surface area contributed by atoms with E-state index in [1.54, 1.807) is 6.20 Å². The fraction of sp³-hybridized carbons (Fsp3) is 0.0526. The van der Waals surface area contributed by atoms with Crippen LogP contribution in [0.2, 0.25) is 0 Å². The summed E-state index contributed by atoms with van der Waals surface area (Å²) in [5.41, 5.74) is 2.89. The number of benzene rings is 2. The van der Waals surface area contributed by atoms with Crippen molar-refractivity contribution in [2.45, 2.75) is 6.92 Å². The van der Waals surface area contributed by atoms with E-state index >= 15 is 0 Å². The van der Waals surface area contributed by atoms with Crippen molar-refractivity contribution in [1.82, 2.24) is 9.97 Å². The van der Waals surface area contributed by atoms with Crippen LogP contribution < -0.4 is 0 Å². The summed E-state index contributed by atoms with van der Waals surface area (Å²) in [6, 6.07) is 20.0. The van der Waals surface area contributed by atoms with Gasteiger partial charge in [0.05, 0.1) is 0 Å². The first-order valence-electron chi connectivity index (χ1n) is 6.93. The largest absolute Gasteiger partial charge is 0.320 e. The third kappa shape index (κ3) is 2.54. The molecule has 22 heavy (non-hydrogen) atoms. The van der Waals surface area contributed by atoms with Gasteiger partial charge in [0.2, 0.25) is 0 Å². The smallest absolute Gasteiger partial charge is 0.0203 e. The molecule has 0 spiro atoms. The van der Waals surface area contributed by atoms with Crippen LogP contribution in [0.1, 0.15) is 5.69 Å². The van der Waals surface area contributed by atoms with Crippen molar-refractivity contribution in [3.63, 3.8) is 0 Å². The Bertz CT molecular complexity index is 963. The van der Waals surface area contributed by atoms with E-state index in [0.29, 0.717) is 0 Å². The van der Waals surface area contributed by atoms with Gasteiger partial charge in [-0.2, -0.15) is 11.6 Å². The van der Waals surface area contributed by atoms with E-state index in [2.05, 4.69) is 58.5 Å². The summed E-state index contributed by atoms with van der Waals surface area (Å²) in [5, 5.41) is 4.88. The van der Waals surface area contributed by atoms with E-state index in [-0.39, 0.29) is 20.1 Å². The van der Waals surface area contributed by atoms with Crippen LogP contribution >= 0.6 is 0 Å². The fourth-order valence-corrected chi connectivity index (χ4v) is 2.69. The molecule has 2 aromatic carbocycles. The van der Waals surface area contributed by atoms with Gasteiger partial charge < -0.3 is 4.98 Å². The van der Waals surface area contributed by atoms with Crippen molar-refractivity contribution >= 4 is 21.5 Å². The Balaban J connectivity index is 0.00000144. The molecular formula is C19H13IrN2-. The molecule has 0 atom stereocenters. The molecule has 0 unspecified atom stereocenters. The standard InChI is InChI=1S/C19H13N2.Ir/c1-13-10-15(8-9-20-13)19-11-18-16(12-21-19)7-6-14-4-2-3-5-17(14)18;/h2-7,9-12H,1H3;/q-1;. The molecule has 2 heterocycles. The van der Waals surface area contributed by atoms with Crippen LogP contribution in [0.5, 0.6) is 0 Å². The first-order valence-corrected chi connectivity index (χ1v) is 6.93. The minimum absolute atomic E-state index is 0. The van der Waals surface area contributed by atoms with Gasteiger partial charge in [-0.05, 0) is 46.1 Å². The van der Waals surface area contributed by atoms with E-state index in [1.807, 2.05) is 19.2 Å². The summed E-state index contributed by atoms with van der Waals surface area (Å²) in [5.74, 6) is 0. The SMILES string of the molecule is Cc1cc(-c2cc3c(ccc4ccccc43)cn2)[c-]cn1.[Ir]. The number of aryl methyl sites for hydroxylation is 1. The number of fused-ring (bicyclic) bond motifs is 3. The predicted molar refractivity (Wildman–Crippen MR) is 86.1 cm³/mol. The maximum atomic E-state index is 4.57. The third-order valence-corrected chi connectivity index (χ3v) is 3.75. The van der Waals surface area contributed by atoms with Crippen LogP contribution in [0, 0.1) is 13.0 Å². The molecule has 0 saturated carbocycles. The maximum Gasteiger partial charge on any atom is 0.0203 e. The van der Waals surface area contributed by atoms with Crippen LogP contribution in [-0.2, 0) is 20.1 Å². The van der Waals surface area contributed by atoms with E-state index in [9.17, 15) is 0 Å². The van der Waals surface area contributed by atoms with Gasteiger partial charge >= 0.3 is 0 Å². The van der Waals surface area contributed by atoms with Gasteiger partial charge in [-0.1, -0.05) is 42.5 Å².